The highest BCUT2D eigenvalue weighted by molar-refractivity contribution is 6.31. The van der Waals surface area contributed by atoms with Crippen LogP contribution in [0.5, 0.6) is 5.75 Å². The van der Waals surface area contributed by atoms with E-state index in [1.165, 1.54) is 23.6 Å². The molecule has 0 bridgehead atoms. The number of rotatable bonds is 6. The zero-order valence-electron chi connectivity index (χ0n) is 19.2. The van der Waals surface area contributed by atoms with Gasteiger partial charge in [0.25, 0.3) is 5.56 Å². The summed E-state index contributed by atoms with van der Waals surface area (Å²) >= 11 is 6.10. The van der Waals surface area contributed by atoms with Crippen LogP contribution in [0.4, 0.5) is 17.2 Å². The molecule has 0 spiro atoms. The summed E-state index contributed by atoms with van der Waals surface area (Å²) in [6.45, 7) is 0.182. The monoisotopic (exact) mass is 497 g/mol. The van der Waals surface area contributed by atoms with Crippen LogP contribution in [0.2, 0.25) is 5.02 Å². The molecule has 4 rings (SSSR count). The van der Waals surface area contributed by atoms with Crippen molar-refractivity contribution in [1.82, 2.24) is 9.55 Å². The molecule has 0 saturated carbocycles. The number of amides is 2. The van der Waals surface area contributed by atoms with Crippen LogP contribution in [0, 0.1) is 5.92 Å². The number of hydrogen-bond donors (Lipinski definition) is 2. The topological polar surface area (TPSA) is 131 Å². The molecule has 1 aromatic heterocycles. The van der Waals surface area contributed by atoms with E-state index in [4.69, 9.17) is 22.1 Å². The Hall–Kier alpha value is -4.05. The maximum Gasteiger partial charge on any atom is 0.330 e. The number of anilines is 3. The molecule has 0 radical (unpaired) electrons. The molecule has 0 aliphatic carbocycles. The first kappa shape index (κ1) is 24.1. The number of nitrogens with one attached hydrogen (secondary N) is 1. The zero-order chi connectivity index (χ0) is 25.3. The van der Waals surface area contributed by atoms with Crippen LogP contribution in [-0.2, 0) is 16.1 Å². The van der Waals surface area contributed by atoms with Crippen molar-refractivity contribution in [3.63, 3.8) is 0 Å². The van der Waals surface area contributed by atoms with Gasteiger partial charge in [0.2, 0.25) is 11.8 Å². The fourth-order valence-electron chi connectivity index (χ4n) is 4.19. The van der Waals surface area contributed by atoms with Gasteiger partial charge in [-0.2, -0.15) is 0 Å². The number of H-pyrrole nitrogens is 1. The smallest absolute Gasteiger partial charge is 0.330 e. The third-order valence-electron chi connectivity index (χ3n) is 5.97. The molecule has 1 fully saturated rings. The van der Waals surface area contributed by atoms with E-state index >= 15 is 0 Å². The summed E-state index contributed by atoms with van der Waals surface area (Å²) in [5.74, 6) is -1.21. The predicted octanol–water partition coefficient (Wildman–Crippen LogP) is 1.84. The molecule has 2 heterocycles. The number of nitrogens with zero attached hydrogens (tertiary/aromatic N) is 3. The van der Waals surface area contributed by atoms with E-state index in [1.807, 2.05) is 30.3 Å². The van der Waals surface area contributed by atoms with Crippen LogP contribution in [0.3, 0.4) is 0 Å². The third kappa shape index (κ3) is 4.65. The minimum Gasteiger partial charge on any atom is -0.495 e. The Morgan fingerprint density at radius 2 is 1.91 bits per heavy atom. The summed E-state index contributed by atoms with van der Waals surface area (Å²) in [5.41, 5.74) is 5.83. The number of methoxy groups -OCH3 is 1. The summed E-state index contributed by atoms with van der Waals surface area (Å²) in [4.78, 5) is 56.0. The van der Waals surface area contributed by atoms with Crippen LogP contribution >= 0.6 is 11.6 Å². The van der Waals surface area contributed by atoms with Crippen LogP contribution in [0.25, 0.3) is 0 Å². The molecule has 1 saturated heterocycles. The van der Waals surface area contributed by atoms with Crippen molar-refractivity contribution in [1.29, 1.82) is 0 Å². The molecule has 1 unspecified atom stereocenters. The molecule has 3 N–H and O–H groups in total. The standard InChI is InChI=1S/C24H24ClN5O5/c1-28(20-21(26)30(24(34)27-22(20)32)12-14-6-4-3-5-7-14)23(33)15-10-19(31)29(13-15)17-11-16(25)8-9-18(17)35-2/h3-9,11,15H,10,12-13,26H2,1-2H3,(H,27,32,34). The Labute approximate surface area is 205 Å². The molecule has 182 valence electrons. The summed E-state index contributed by atoms with van der Waals surface area (Å²) in [6, 6.07) is 14.0. The lowest BCUT2D eigenvalue weighted by Crippen LogP contribution is -2.42. The fourth-order valence-corrected chi connectivity index (χ4v) is 4.35. The van der Waals surface area contributed by atoms with E-state index in [9.17, 15) is 19.2 Å². The lowest BCUT2D eigenvalue weighted by molar-refractivity contribution is -0.124. The molecular formula is C24H24ClN5O5. The first-order valence-corrected chi connectivity index (χ1v) is 11.2. The van der Waals surface area contributed by atoms with Crippen LogP contribution in [0.15, 0.2) is 58.1 Å². The fraction of sp³-hybridized carbons (Fsp3) is 0.250. The number of nitrogen functional groups attached to an aromatic ring is 1. The van der Waals surface area contributed by atoms with E-state index in [0.717, 1.165) is 10.5 Å². The van der Waals surface area contributed by atoms with Gasteiger partial charge in [0, 0.05) is 25.0 Å². The van der Waals surface area contributed by atoms with Gasteiger partial charge in [-0.15, -0.1) is 0 Å². The number of carbonyl (C=O) groups is 2. The highest BCUT2D eigenvalue weighted by Gasteiger charge is 2.39. The number of nitrogens with two attached hydrogens (primary N) is 1. The van der Waals surface area contributed by atoms with Gasteiger partial charge < -0.3 is 20.3 Å². The van der Waals surface area contributed by atoms with Crippen LogP contribution < -0.4 is 31.5 Å². The van der Waals surface area contributed by atoms with Gasteiger partial charge in [0.1, 0.15) is 11.6 Å². The van der Waals surface area contributed by atoms with Gasteiger partial charge in [0.15, 0.2) is 5.69 Å². The number of aromatic amines is 1. The van der Waals surface area contributed by atoms with Gasteiger partial charge in [-0.1, -0.05) is 41.9 Å². The van der Waals surface area contributed by atoms with Crippen molar-refractivity contribution in [2.24, 2.45) is 5.92 Å². The minimum atomic E-state index is -0.787. The molecule has 3 aromatic rings. The molecule has 35 heavy (non-hydrogen) atoms. The van der Waals surface area contributed by atoms with Crippen molar-refractivity contribution < 1.29 is 14.3 Å². The second-order valence-electron chi connectivity index (χ2n) is 8.18. The maximum atomic E-state index is 13.3. The van der Waals surface area contributed by atoms with Crippen molar-refractivity contribution in [2.75, 3.05) is 36.2 Å². The first-order valence-electron chi connectivity index (χ1n) is 10.8. The minimum absolute atomic E-state index is 0.0691. The Morgan fingerprint density at radius 3 is 2.60 bits per heavy atom. The SMILES string of the molecule is COc1ccc(Cl)cc1N1CC(C(=O)N(C)c2c(N)n(Cc3ccccc3)c(=O)[nH]c2=O)CC1=O. The second kappa shape index (κ2) is 9.67. The molecule has 11 heteroatoms. The number of halogens is 1. The molecule has 1 atom stereocenters. The largest absolute Gasteiger partial charge is 0.495 e. The average molecular weight is 498 g/mol. The quantitative estimate of drug-likeness (QED) is 0.534. The number of ether oxygens (including phenoxy) is 1. The molecule has 10 nitrogen and oxygen atoms in total. The van der Waals surface area contributed by atoms with Gasteiger partial charge in [-0.25, -0.2) is 4.79 Å². The van der Waals surface area contributed by atoms with Crippen molar-refractivity contribution in [3.8, 4) is 5.75 Å². The van der Waals surface area contributed by atoms with Gasteiger partial charge >= 0.3 is 5.69 Å². The van der Waals surface area contributed by atoms with E-state index in [1.54, 1.807) is 18.2 Å². The van der Waals surface area contributed by atoms with E-state index < -0.39 is 23.1 Å². The van der Waals surface area contributed by atoms with Crippen molar-refractivity contribution in [2.45, 2.75) is 13.0 Å². The van der Waals surface area contributed by atoms with Gasteiger partial charge in [-0.3, -0.25) is 23.9 Å². The highest BCUT2D eigenvalue weighted by atomic mass is 35.5. The lowest BCUT2D eigenvalue weighted by Gasteiger charge is -2.23. The highest BCUT2D eigenvalue weighted by Crippen LogP contribution is 2.36. The van der Waals surface area contributed by atoms with E-state index in [-0.39, 0.29) is 36.9 Å². The zero-order valence-corrected chi connectivity index (χ0v) is 19.9. The van der Waals surface area contributed by atoms with E-state index in [2.05, 4.69) is 4.98 Å². The summed E-state index contributed by atoms with van der Waals surface area (Å²) in [6.07, 6.45) is -0.0691. The molecule has 1 aliphatic rings. The molecule has 2 amide bonds. The normalized spacial score (nSPS) is 15.3. The Kier molecular flexibility index (Phi) is 6.65. The van der Waals surface area contributed by atoms with Crippen molar-refractivity contribution in [3.05, 3.63) is 80.0 Å². The number of hydrogen-bond acceptors (Lipinski definition) is 6. The summed E-state index contributed by atoms with van der Waals surface area (Å²) in [7, 11) is 2.87. The Morgan fingerprint density at radius 1 is 1.20 bits per heavy atom. The Balaban J connectivity index is 1.62. The van der Waals surface area contributed by atoms with Crippen molar-refractivity contribution >= 4 is 40.6 Å². The molecule has 2 aromatic carbocycles. The van der Waals surface area contributed by atoms with Gasteiger partial charge in [0.05, 0.1) is 25.3 Å². The van der Waals surface area contributed by atoms with Gasteiger partial charge in [-0.05, 0) is 23.8 Å². The molecule has 1 aliphatic heterocycles. The number of carbonyl (C=O) groups excluding carboxylic acids is 2. The molecular weight excluding hydrogens is 474 g/mol. The Bertz CT molecular complexity index is 1400. The maximum absolute atomic E-state index is 13.3. The van der Waals surface area contributed by atoms with E-state index in [0.29, 0.717) is 16.5 Å². The third-order valence-corrected chi connectivity index (χ3v) is 6.20. The average Bonchev–Trinajstić information content (AvgIpc) is 3.23. The number of aromatic nitrogens is 2. The van der Waals surface area contributed by atoms with Crippen LogP contribution in [-0.4, -0.2) is 42.1 Å². The lowest BCUT2D eigenvalue weighted by atomic mass is 10.1. The first-order chi connectivity index (χ1) is 16.7. The number of benzene rings is 2. The summed E-state index contributed by atoms with van der Waals surface area (Å²) in [5, 5.41) is 0.417. The van der Waals surface area contributed by atoms with Crippen LogP contribution in [0.1, 0.15) is 12.0 Å². The summed E-state index contributed by atoms with van der Waals surface area (Å²) < 4.78 is 6.53. The predicted molar refractivity (Wildman–Crippen MR) is 133 cm³/mol. The second-order valence-corrected chi connectivity index (χ2v) is 8.62.